The minimum Gasteiger partial charge on any atom is -0.0903 e. The summed E-state index contributed by atoms with van der Waals surface area (Å²) in [6, 6.07) is 0. The summed E-state index contributed by atoms with van der Waals surface area (Å²) in [7, 11) is 1.16. The molecule has 0 saturated heterocycles. The van der Waals surface area contributed by atoms with Crippen LogP contribution in [0.5, 0.6) is 0 Å². The summed E-state index contributed by atoms with van der Waals surface area (Å²) in [6.45, 7) is 4.52. The Morgan fingerprint density at radius 2 is 2.17 bits per heavy atom. The van der Waals surface area contributed by atoms with Crippen molar-refractivity contribution < 1.29 is 0 Å². The zero-order valence-corrected chi connectivity index (χ0v) is 7.32. The van der Waals surface area contributed by atoms with Crippen LogP contribution in [0.2, 0.25) is 5.54 Å². The lowest BCUT2D eigenvalue weighted by atomic mass is 10.6. The van der Waals surface area contributed by atoms with Crippen LogP contribution in [0.15, 0.2) is 0 Å². The second kappa shape index (κ2) is 4.12. The van der Waals surface area contributed by atoms with Crippen molar-refractivity contribution in [3.8, 4) is 0 Å². The molecule has 0 fully saturated rings. The third kappa shape index (κ3) is 4.95. The van der Waals surface area contributed by atoms with Crippen LogP contribution in [0, 0.1) is 0 Å². The highest BCUT2D eigenvalue weighted by Crippen LogP contribution is 1.97. The van der Waals surface area contributed by atoms with Crippen molar-refractivity contribution in [3.63, 3.8) is 0 Å². The first kappa shape index (κ1) is 6.95. The van der Waals surface area contributed by atoms with Crippen molar-refractivity contribution in [3.05, 3.63) is 0 Å². The van der Waals surface area contributed by atoms with Crippen molar-refractivity contribution in [2.45, 2.75) is 19.4 Å². The van der Waals surface area contributed by atoms with Crippen LogP contribution in [0.4, 0.5) is 0 Å². The summed E-state index contributed by atoms with van der Waals surface area (Å²) in [5.74, 6) is 0. The molecule has 0 nitrogen and oxygen atoms in total. The largest absolute Gasteiger partial charge is 0.0903 e. The molecule has 0 amide bonds. The van der Waals surface area contributed by atoms with E-state index in [2.05, 4.69) is 36.4 Å². The zero-order chi connectivity index (χ0) is 4.99. The van der Waals surface area contributed by atoms with Crippen LogP contribution < -0.4 is 0 Å². The van der Waals surface area contributed by atoms with Crippen LogP contribution in [0.3, 0.4) is 0 Å². The normalized spacial score (nSPS) is 10.0. The second-order valence-corrected chi connectivity index (χ2v) is 5.61. The fourth-order valence-corrected chi connectivity index (χ4v) is 3.11. The Kier molecular flexibility index (Phi) is 4.76. The van der Waals surface area contributed by atoms with Gasteiger partial charge in [0, 0.05) is 0 Å². The topological polar surface area (TPSA) is 0 Å². The first-order valence-corrected chi connectivity index (χ1v) is 4.87. The fraction of sp³-hybridized carbons (Fsp3) is 1.00. The van der Waals surface area contributed by atoms with Gasteiger partial charge in [0.25, 0.3) is 0 Å². The second-order valence-electron chi connectivity index (χ2n) is 1.49. The molecule has 0 aliphatic heterocycles. The van der Waals surface area contributed by atoms with Gasteiger partial charge in [-0.1, -0.05) is 42.0 Å². The van der Waals surface area contributed by atoms with Crippen molar-refractivity contribution in [2.24, 2.45) is 0 Å². The number of hydrogen-bond donors (Lipinski definition) is 0. The molecule has 0 atom stereocenters. The van der Waals surface area contributed by atoms with E-state index in [1.807, 2.05) is 0 Å². The van der Waals surface area contributed by atoms with E-state index in [-0.39, 0.29) is 0 Å². The third-order valence-electron chi connectivity index (χ3n) is 0.485. The summed E-state index contributed by atoms with van der Waals surface area (Å²) >= 11 is 2.42. The first-order valence-electron chi connectivity index (χ1n) is 2.06. The lowest BCUT2D eigenvalue weighted by molar-refractivity contribution is 1.06. The van der Waals surface area contributed by atoms with Gasteiger partial charge >= 0.3 is 0 Å². The van der Waals surface area contributed by atoms with E-state index in [0.29, 0.717) is 0 Å². The predicted molar refractivity (Wildman–Crippen MR) is 39.7 cm³/mol. The van der Waals surface area contributed by atoms with Gasteiger partial charge in [0.05, 0.1) is 9.52 Å². The number of halogens is 1. The molecular formula is C4H9ISi. The Hall–Kier alpha value is 0.947. The van der Waals surface area contributed by atoms with E-state index in [4.69, 9.17) is 0 Å². The molecule has 0 aromatic carbocycles. The minimum absolute atomic E-state index is 0.918. The van der Waals surface area contributed by atoms with Crippen LogP contribution in [0.25, 0.3) is 0 Å². The van der Waals surface area contributed by atoms with Crippen molar-refractivity contribution in [2.75, 3.05) is 4.05 Å². The maximum Gasteiger partial charge on any atom is 0.0533 e. The van der Waals surface area contributed by atoms with E-state index in [1.54, 1.807) is 0 Å². The SMILES string of the molecule is CC(C)[Si]CI. The molecule has 0 unspecified atom stereocenters. The van der Waals surface area contributed by atoms with E-state index in [9.17, 15) is 0 Å². The number of hydrogen-bond acceptors (Lipinski definition) is 0. The van der Waals surface area contributed by atoms with Crippen LogP contribution in [-0.2, 0) is 0 Å². The van der Waals surface area contributed by atoms with Gasteiger partial charge in [-0.25, -0.2) is 0 Å². The molecule has 0 N–H and O–H groups in total. The molecule has 0 rings (SSSR count). The quantitative estimate of drug-likeness (QED) is 0.372. The molecule has 0 aromatic rings. The predicted octanol–water partition coefficient (Wildman–Crippen LogP) is 1.91. The highest BCUT2D eigenvalue weighted by atomic mass is 127. The Morgan fingerprint density at radius 1 is 1.67 bits per heavy atom. The van der Waals surface area contributed by atoms with E-state index in [0.717, 1.165) is 15.1 Å². The van der Waals surface area contributed by atoms with Crippen molar-refractivity contribution in [1.29, 1.82) is 0 Å². The van der Waals surface area contributed by atoms with Gasteiger partial charge < -0.3 is 0 Å². The summed E-state index contributed by atoms with van der Waals surface area (Å²) < 4.78 is 1.33. The molecule has 36 valence electrons. The molecule has 0 spiro atoms. The Morgan fingerprint density at radius 3 is 2.17 bits per heavy atom. The maximum absolute atomic E-state index is 2.42. The average molecular weight is 212 g/mol. The van der Waals surface area contributed by atoms with Gasteiger partial charge in [0.2, 0.25) is 0 Å². The molecule has 0 heterocycles. The summed E-state index contributed by atoms with van der Waals surface area (Å²) in [5, 5.41) is 0. The maximum atomic E-state index is 2.42. The number of alkyl halides is 1. The van der Waals surface area contributed by atoms with E-state index >= 15 is 0 Å². The van der Waals surface area contributed by atoms with Gasteiger partial charge in [0.15, 0.2) is 0 Å². The van der Waals surface area contributed by atoms with Gasteiger partial charge in [-0.3, -0.25) is 0 Å². The highest BCUT2D eigenvalue weighted by Gasteiger charge is 1.88. The van der Waals surface area contributed by atoms with Crippen molar-refractivity contribution in [1.82, 2.24) is 0 Å². The molecule has 0 aliphatic rings. The van der Waals surface area contributed by atoms with Gasteiger partial charge in [0.1, 0.15) is 0 Å². The average Bonchev–Trinajstić information content (AvgIpc) is 1.35. The molecule has 0 bridgehead atoms. The smallest absolute Gasteiger partial charge is 0.0533 e. The molecule has 0 aromatic heterocycles. The van der Waals surface area contributed by atoms with Gasteiger partial charge in [-0.05, 0) is 4.05 Å². The molecule has 2 radical (unpaired) electrons. The van der Waals surface area contributed by atoms with Gasteiger partial charge in [-0.15, -0.1) is 0 Å². The molecule has 2 heteroatoms. The molecule has 0 saturated carbocycles. The first-order chi connectivity index (χ1) is 2.77. The van der Waals surface area contributed by atoms with E-state index in [1.165, 1.54) is 4.05 Å². The molecular weight excluding hydrogens is 203 g/mol. The third-order valence-corrected chi connectivity index (χ3v) is 2.78. The van der Waals surface area contributed by atoms with Gasteiger partial charge in [-0.2, -0.15) is 0 Å². The Balaban J connectivity index is 2.63. The zero-order valence-electron chi connectivity index (χ0n) is 4.16. The molecule has 6 heavy (non-hydrogen) atoms. The summed E-state index contributed by atoms with van der Waals surface area (Å²) in [5.41, 5.74) is 0.918. The lowest BCUT2D eigenvalue weighted by Gasteiger charge is -1.93. The Bertz CT molecular complexity index is 28.7. The molecule has 0 aliphatic carbocycles. The van der Waals surface area contributed by atoms with E-state index < -0.39 is 0 Å². The summed E-state index contributed by atoms with van der Waals surface area (Å²) in [4.78, 5) is 0. The van der Waals surface area contributed by atoms with Crippen LogP contribution in [-0.4, -0.2) is 13.6 Å². The summed E-state index contributed by atoms with van der Waals surface area (Å²) in [6.07, 6.45) is 0. The van der Waals surface area contributed by atoms with Crippen LogP contribution in [0.1, 0.15) is 13.8 Å². The lowest BCUT2D eigenvalue weighted by Crippen LogP contribution is -1.94. The van der Waals surface area contributed by atoms with Crippen molar-refractivity contribution >= 4 is 32.1 Å². The monoisotopic (exact) mass is 212 g/mol. The minimum atomic E-state index is 0.918. The number of rotatable bonds is 2. The Labute approximate surface area is 55.7 Å². The highest BCUT2D eigenvalue weighted by molar-refractivity contribution is 14.1. The van der Waals surface area contributed by atoms with Crippen LogP contribution >= 0.6 is 22.6 Å². The fourth-order valence-electron chi connectivity index (χ4n) is 0.154. The standard InChI is InChI=1S/C4H9ISi/c1-4(2)6-3-5/h4H,3H2,1-2H3.